The second kappa shape index (κ2) is 6.56. The van der Waals surface area contributed by atoms with Crippen molar-refractivity contribution < 1.29 is 9.63 Å². The molecule has 0 atom stereocenters. The van der Waals surface area contributed by atoms with Crippen LogP contribution in [-0.2, 0) is 4.79 Å². The molecule has 2 aromatic rings. The Bertz CT molecular complexity index is 718. The van der Waals surface area contributed by atoms with Crippen LogP contribution in [0.3, 0.4) is 0 Å². The van der Waals surface area contributed by atoms with E-state index in [0.29, 0.717) is 5.69 Å². The summed E-state index contributed by atoms with van der Waals surface area (Å²) >= 11 is 0. The summed E-state index contributed by atoms with van der Waals surface area (Å²) in [5, 5.41) is 0. The summed E-state index contributed by atoms with van der Waals surface area (Å²) in [6, 6.07) is 12.7. The summed E-state index contributed by atoms with van der Waals surface area (Å²) in [6.07, 6.45) is 3.68. The average Bonchev–Trinajstić information content (AvgIpc) is 2.52. The number of hydrogen-bond acceptors (Lipinski definition) is 4. The lowest BCUT2D eigenvalue weighted by Gasteiger charge is -2.09. The summed E-state index contributed by atoms with van der Waals surface area (Å²) in [5.74, 6) is -0.503. The van der Waals surface area contributed by atoms with Gasteiger partial charge in [-0.05, 0) is 23.8 Å². The zero-order valence-electron chi connectivity index (χ0n) is 11.7. The molecule has 0 fully saturated rings. The molecule has 2 N–H and O–H groups in total. The molecular formula is C16H16N2O3. The van der Waals surface area contributed by atoms with E-state index < -0.39 is 11.5 Å². The number of nitrogens with two attached hydrogens (primary N) is 1. The molecule has 0 spiro atoms. The van der Waals surface area contributed by atoms with E-state index in [9.17, 15) is 9.59 Å². The molecule has 0 saturated carbocycles. The lowest BCUT2D eigenvalue weighted by atomic mass is 10.2. The highest BCUT2D eigenvalue weighted by atomic mass is 16.7. The Balaban J connectivity index is 2.39. The van der Waals surface area contributed by atoms with Crippen molar-refractivity contribution >= 4 is 23.8 Å². The maximum absolute atomic E-state index is 12.0. The fraction of sp³-hybridized carbons (Fsp3) is 0.125. The first-order chi connectivity index (χ1) is 10.1. The van der Waals surface area contributed by atoms with Gasteiger partial charge in [0.15, 0.2) is 0 Å². The van der Waals surface area contributed by atoms with Crippen LogP contribution in [0.15, 0.2) is 47.3 Å². The second-order valence-electron chi connectivity index (χ2n) is 4.37. The molecule has 0 amide bonds. The lowest BCUT2D eigenvalue weighted by Crippen LogP contribution is -2.33. The van der Waals surface area contributed by atoms with Gasteiger partial charge in [-0.3, -0.25) is 4.79 Å². The smallest absolute Gasteiger partial charge is 0.332 e. The van der Waals surface area contributed by atoms with Gasteiger partial charge in [-0.1, -0.05) is 43.3 Å². The highest BCUT2D eigenvalue weighted by molar-refractivity contribution is 5.71. The van der Waals surface area contributed by atoms with Gasteiger partial charge in [0.25, 0.3) is 0 Å². The van der Waals surface area contributed by atoms with Crippen molar-refractivity contribution in [1.29, 1.82) is 0 Å². The molecule has 5 heteroatoms. The first-order valence-corrected chi connectivity index (χ1v) is 6.57. The van der Waals surface area contributed by atoms with E-state index in [1.165, 1.54) is 6.07 Å². The number of nitrogen functional groups attached to an aromatic ring is 1. The zero-order chi connectivity index (χ0) is 15.2. The Morgan fingerprint density at radius 1 is 1.19 bits per heavy atom. The highest BCUT2D eigenvalue weighted by Gasteiger charge is 2.09. The minimum atomic E-state index is -0.549. The van der Waals surface area contributed by atoms with Gasteiger partial charge in [0, 0.05) is 6.42 Å². The third kappa shape index (κ3) is 3.60. The number of nitrogens with zero attached hydrogens (tertiary/aromatic N) is 1. The van der Waals surface area contributed by atoms with Crippen LogP contribution in [0.2, 0.25) is 0 Å². The van der Waals surface area contributed by atoms with E-state index in [4.69, 9.17) is 10.6 Å². The Kier molecular flexibility index (Phi) is 4.56. The second-order valence-corrected chi connectivity index (χ2v) is 4.37. The standard InChI is InChI=1S/C16H16N2O3/c1-2-15(19)21-18-13(10-11-14(17)16(18)20)9-8-12-6-4-3-5-7-12/h3-11H,2,17H2,1H3. The van der Waals surface area contributed by atoms with Gasteiger partial charge in [0.1, 0.15) is 5.69 Å². The van der Waals surface area contributed by atoms with Crippen molar-refractivity contribution in [1.82, 2.24) is 4.73 Å². The zero-order valence-corrected chi connectivity index (χ0v) is 11.7. The summed E-state index contributed by atoms with van der Waals surface area (Å²) in [5.41, 5.74) is 6.45. The quantitative estimate of drug-likeness (QED) is 0.931. The Hall–Kier alpha value is -2.82. The minimum Gasteiger partial charge on any atom is -0.394 e. The molecule has 0 unspecified atom stereocenters. The number of carbonyl (C=O) groups excluding carboxylic acids is 1. The molecule has 0 bridgehead atoms. The minimum absolute atomic E-state index is 0.0239. The van der Waals surface area contributed by atoms with E-state index in [-0.39, 0.29) is 12.1 Å². The van der Waals surface area contributed by atoms with Crippen molar-refractivity contribution in [2.75, 3.05) is 5.73 Å². The number of rotatable bonds is 4. The van der Waals surface area contributed by atoms with Crippen LogP contribution in [0.1, 0.15) is 24.6 Å². The van der Waals surface area contributed by atoms with Crippen molar-refractivity contribution in [2.45, 2.75) is 13.3 Å². The topological polar surface area (TPSA) is 74.3 Å². The largest absolute Gasteiger partial charge is 0.394 e. The lowest BCUT2D eigenvalue weighted by molar-refractivity contribution is -0.144. The average molecular weight is 284 g/mol. The van der Waals surface area contributed by atoms with Crippen molar-refractivity contribution in [3.05, 3.63) is 64.1 Å². The molecule has 2 rings (SSSR count). The number of carbonyl (C=O) groups is 1. The van der Waals surface area contributed by atoms with Gasteiger partial charge in [-0.15, -0.1) is 4.73 Å². The first-order valence-electron chi connectivity index (χ1n) is 6.57. The van der Waals surface area contributed by atoms with E-state index in [2.05, 4.69) is 0 Å². The fourth-order valence-corrected chi connectivity index (χ4v) is 1.68. The third-order valence-corrected chi connectivity index (χ3v) is 2.83. The summed E-state index contributed by atoms with van der Waals surface area (Å²) in [7, 11) is 0. The van der Waals surface area contributed by atoms with Gasteiger partial charge in [0.2, 0.25) is 0 Å². The van der Waals surface area contributed by atoms with Crippen LogP contribution in [0.5, 0.6) is 0 Å². The molecule has 0 radical (unpaired) electrons. The molecule has 0 aliphatic rings. The van der Waals surface area contributed by atoms with Crippen molar-refractivity contribution in [2.24, 2.45) is 0 Å². The maximum atomic E-state index is 12.0. The van der Waals surface area contributed by atoms with Gasteiger partial charge in [-0.25, -0.2) is 4.79 Å². The molecule has 0 aliphatic heterocycles. The van der Waals surface area contributed by atoms with Gasteiger partial charge in [0.05, 0.1) is 5.69 Å². The maximum Gasteiger partial charge on any atom is 0.332 e. The molecular weight excluding hydrogens is 268 g/mol. The van der Waals surface area contributed by atoms with E-state index in [0.717, 1.165) is 10.3 Å². The molecule has 1 aromatic heterocycles. The molecule has 0 aliphatic carbocycles. The third-order valence-electron chi connectivity index (χ3n) is 2.83. The van der Waals surface area contributed by atoms with Gasteiger partial charge >= 0.3 is 11.5 Å². The molecule has 108 valence electrons. The van der Waals surface area contributed by atoms with E-state index >= 15 is 0 Å². The molecule has 0 saturated heterocycles. The van der Waals surface area contributed by atoms with Crippen LogP contribution in [-0.4, -0.2) is 10.7 Å². The molecule has 1 aromatic carbocycles. The summed E-state index contributed by atoms with van der Waals surface area (Å²) in [4.78, 5) is 28.4. The Morgan fingerprint density at radius 3 is 2.57 bits per heavy atom. The van der Waals surface area contributed by atoms with Crippen LogP contribution in [0, 0.1) is 0 Å². The number of benzene rings is 1. The van der Waals surface area contributed by atoms with Gasteiger partial charge < -0.3 is 10.6 Å². The fourth-order valence-electron chi connectivity index (χ4n) is 1.68. The summed E-state index contributed by atoms with van der Waals surface area (Å²) in [6.45, 7) is 1.65. The highest BCUT2D eigenvalue weighted by Crippen LogP contribution is 2.08. The van der Waals surface area contributed by atoms with Crippen LogP contribution in [0.25, 0.3) is 12.2 Å². The van der Waals surface area contributed by atoms with Gasteiger partial charge in [-0.2, -0.15) is 0 Å². The monoisotopic (exact) mass is 284 g/mol. The summed E-state index contributed by atoms with van der Waals surface area (Å²) < 4.78 is 0.917. The number of aromatic nitrogens is 1. The Labute approximate surface area is 122 Å². The van der Waals surface area contributed by atoms with Crippen molar-refractivity contribution in [3.63, 3.8) is 0 Å². The SMILES string of the molecule is CCC(=O)On1c(C=Cc2ccccc2)ccc(N)c1=O. The predicted molar refractivity (Wildman–Crippen MR) is 82.4 cm³/mol. The Morgan fingerprint density at radius 2 is 1.90 bits per heavy atom. The molecule has 21 heavy (non-hydrogen) atoms. The van der Waals surface area contributed by atoms with Crippen LogP contribution >= 0.6 is 0 Å². The number of hydrogen-bond donors (Lipinski definition) is 1. The van der Waals surface area contributed by atoms with Crippen LogP contribution < -0.4 is 16.1 Å². The normalized spacial score (nSPS) is 10.7. The first kappa shape index (κ1) is 14.6. The van der Waals surface area contributed by atoms with E-state index in [1.807, 2.05) is 36.4 Å². The number of pyridine rings is 1. The molecule has 1 heterocycles. The predicted octanol–water partition coefficient (Wildman–Crippen LogP) is 1.97. The van der Waals surface area contributed by atoms with Crippen molar-refractivity contribution in [3.8, 4) is 0 Å². The van der Waals surface area contributed by atoms with Crippen LogP contribution in [0.4, 0.5) is 5.69 Å². The molecule has 5 nitrogen and oxygen atoms in total. The van der Waals surface area contributed by atoms with E-state index in [1.54, 1.807) is 19.1 Å². The number of anilines is 1.